The zero-order valence-corrected chi connectivity index (χ0v) is 20.5. The van der Waals surface area contributed by atoms with Crippen molar-refractivity contribution < 1.29 is 9.53 Å². The van der Waals surface area contributed by atoms with Crippen LogP contribution in [0.3, 0.4) is 0 Å². The van der Waals surface area contributed by atoms with Crippen LogP contribution in [0.1, 0.15) is 68.1 Å². The first kappa shape index (κ1) is 24.3. The summed E-state index contributed by atoms with van der Waals surface area (Å²) >= 11 is 0. The average Bonchev–Trinajstić information content (AvgIpc) is 3.05. The maximum absolute atomic E-state index is 12.8. The molecule has 1 amide bonds. The summed E-state index contributed by atoms with van der Waals surface area (Å²) in [6, 6.07) is 8.32. The molecule has 1 unspecified atom stereocenters. The van der Waals surface area contributed by atoms with Crippen LogP contribution in [0.2, 0.25) is 0 Å². The number of piperidine rings is 1. The van der Waals surface area contributed by atoms with Crippen LogP contribution in [0.4, 0.5) is 0 Å². The summed E-state index contributed by atoms with van der Waals surface area (Å²) in [6.07, 6.45) is 4.90. The van der Waals surface area contributed by atoms with Crippen LogP contribution in [0, 0.1) is 19.8 Å². The van der Waals surface area contributed by atoms with Crippen molar-refractivity contribution in [2.75, 3.05) is 26.7 Å². The van der Waals surface area contributed by atoms with Gasteiger partial charge in [0.05, 0.1) is 18.8 Å². The van der Waals surface area contributed by atoms with Crippen molar-refractivity contribution in [2.24, 2.45) is 5.92 Å². The minimum absolute atomic E-state index is 0.0947. The minimum Gasteiger partial charge on any atom is -0.496 e. The minimum atomic E-state index is 0.0947. The van der Waals surface area contributed by atoms with Gasteiger partial charge in [0, 0.05) is 30.8 Å². The molecule has 6 nitrogen and oxygen atoms in total. The van der Waals surface area contributed by atoms with Gasteiger partial charge in [-0.05, 0) is 63.7 Å². The molecule has 1 atom stereocenters. The molecule has 176 valence electrons. The third kappa shape index (κ3) is 6.12. The Balaban J connectivity index is 1.64. The number of carbonyl (C=O) groups excluding carboxylic acids is 1. The first-order chi connectivity index (χ1) is 15.4. The topological polar surface area (TPSA) is 59.4 Å². The zero-order valence-electron chi connectivity index (χ0n) is 20.5. The van der Waals surface area contributed by atoms with E-state index >= 15 is 0 Å². The van der Waals surface area contributed by atoms with E-state index in [9.17, 15) is 4.79 Å². The van der Waals surface area contributed by atoms with Gasteiger partial charge in [0.1, 0.15) is 5.75 Å². The lowest BCUT2D eigenvalue weighted by atomic mass is 10.0. The summed E-state index contributed by atoms with van der Waals surface area (Å²) in [7, 11) is 1.72. The Bertz CT molecular complexity index is 884. The van der Waals surface area contributed by atoms with Gasteiger partial charge in [-0.25, -0.2) is 0 Å². The van der Waals surface area contributed by atoms with E-state index < -0.39 is 0 Å². The highest BCUT2D eigenvalue weighted by molar-refractivity contribution is 5.76. The quantitative estimate of drug-likeness (QED) is 0.593. The number of carbonyl (C=O) groups is 1. The number of amides is 1. The van der Waals surface area contributed by atoms with Gasteiger partial charge >= 0.3 is 0 Å². The molecule has 2 heterocycles. The second kappa shape index (κ2) is 11.5. The smallest absolute Gasteiger partial charge is 0.220 e. The number of rotatable bonds is 10. The number of likely N-dealkylation sites (tertiary alicyclic amines) is 1. The van der Waals surface area contributed by atoms with Gasteiger partial charge in [0.2, 0.25) is 5.91 Å². The lowest BCUT2D eigenvalue weighted by Crippen LogP contribution is -2.40. The second-order valence-electron chi connectivity index (χ2n) is 9.38. The van der Waals surface area contributed by atoms with E-state index in [2.05, 4.69) is 52.9 Å². The van der Waals surface area contributed by atoms with E-state index in [4.69, 9.17) is 4.74 Å². The molecule has 0 saturated carbocycles. The molecule has 0 bridgehead atoms. The number of methoxy groups -OCH3 is 1. The summed E-state index contributed by atoms with van der Waals surface area (Å²) in [5.74, 6) is 1.53. The molecule has 6 heteroatoms. The molecule has 1 aromatic heterocycles. The van der Waals surface area contributed by atoms with Crippen molar-refractivity contribution in [3.8, 4) is 5.75 Å². The van der Waals surface area contributed by atoms with Crippen molar-refractivity contribution in [2.45, 2.75) is 72.4 Å². The molecule has 3 rings (SSSR count). The fourth-order valence-corrected chi connectivity index (χ4v) is 4.76. The van der Waals surface area contributed by atoms with Crippen molar-refractivity contribution in [1.29, 1.82) is 0 Å². The average molecular weight is 441 g/mol. The Morgan fingerprint density at radius 3 is 2.56 bits per heavy atom. The standard InChI is InChI=1S/C26H40N4O2/c1-19(2)18-30-21(4)22(20(3)28-30)13-14-26(31)27-17-24(29-15-9-6-10-16-29)23-11-7-8-12-25(23)32-5/h7-8,11-12,19,24H,6,9-10,13-18H2,1-5H3,(H,27,31). The normalized spacial score (nSPS) is 15.7. The third-order valence-electron chi connectivity index (χ3n) is 6.49. The fourth-order valence-electron chi connectivity index (χ4n) is 4.76. The van der Waals surface area contributed by atoms with E-state index in [1.807, 2.05) is 19.1 Å². The van der Waals surface area contributed by atoms with Crippen LogP contribution < -0.4 is 10.1 Å². The molecule has 0 aliphatic carbocycles. The molecule has 1 aromatic carbocycles. The second-order valence-corrected chi connectivity index (χ2v) is 9.38. The molecule has 1 saturated heterocycles. The molecule has 1 fully saturated rings. The van der Waals surface area contributed by atoms with Crippen LogP contribution in [-0.2, 0) is 17.8 Å². The van der Waals surface area contributed by atoms with E-state index in [-0.39, 0.29) is 11.9 Å². The van der Waals surface area contributed by atoms with E-state index in [1.54, 1.807) is 7.11 Å². The van der Waals surface area contributed by atoms with Gasteiger partial charge in [-0.15, -0.1) is 0 Å². The van der Waals surface area contributed by atoms with Crippen molar-refractivity contribution in [1.82, 2.24) is 20.0 Å². The highest BCUT2D eigenvalue weighted by Crippen LogP contribution is 2.31. The van der Waals surface area contributed by atoms with Crippen LogP contribution in [-0.4, -0.2) is 47.3 Å². The molecule has 2 aromatic rings. The molecule has 32 heavy (non-hydrogen) atoms. The number of aryl methyl sites for hydroxylation is 1. The van der Waals surface area contributed by atoms with E-state index in [1.165, 1.54) is 30.5 Å². The maximum Gasteiger partial charge on any atom is 0.220 e. The zero-order chi connectivity index (χ0) is 23.1. The number of nitrogens with zero attached hydrogens (tertiary/aromatic N) is 3. The van der Waals surface area contributed by atoms with E-state index in [0.29, 0.717) is 18.9 Å². The van der Waals surface area contributed by atoms with Crippen LogP contribution in [0.5, 0.6) is 5.75 Å². The van der Waals surface area contributed by atoms with Gasteiger partial charge in [-0.3, -0.25) is 14.4 Å². The Kier molecular flexibility index (Phi) is 8.74. The van der Waals surface area contributed by atoms with Crippen molar-refractivity contribution in [3.05, 3.63) is 46.8 Å². The Morgan fingerprint density at radius 2 is 1.88 bits per heavy atom. The molecular weight excluding hydrogens is 400 g/mol. The number of ether oxygens (including phenoxy) is 1. The summed E-state index contributed by atoms with van der Waals surface area (Å²) < 4.78 is 7.72. The van der Waals surface area contributed by atoms with E-state index in [0.717, 1.165) is 43.1 Å². The number of hydrogen-bond donors (Lipinski definition) is 1. The summed E-state index contributed by atoms with van der Waals surface area (Å²) in [5, 5.41) is 7.90. The molecule has 1 aliphatic heterocycles. The van der Waals surface area contributed by atoms with Gasteiger partial charge in [-0.2, -0.15) is 5.10 Å². The third-order valence-corrected chi connectivity index (χ3v) is 6.49. The summed E-state index contributed by atoms with van der Waals surface area (Å²) in [6.45, 7) is 12.2. The molecule has 1 N–H and O–H groups in total. The molecule has 0 spiro atoms. The number of benzene rings is 1. The SMILES string of the molecule is COc1ccccc1C(CNC(=O)CCc1c(C)nn(CC(C)C)c1C)N1CCCCC1. The van der Waals surface area contributed by atoms with Crippen LogP contribution >= 0.6 is 0 Å². The highest BCUT2D eigenvalue weighted by Gasteiger charge is 2.25. The number of aromatic nitrogens is 2. The Labute approximate surface area is 193 Å². The van der Waals surface area contributed by atoms with Crippen LogP contribution in [0.25, 0.3) is 0 Å². The van der Waals surface area contributed by atoms with Crippen molar-refractivity contribution >= 4 is 5.91 Å². The Morgan fingerprint density at radius 1 is 1.16 bits per heavy atom. The number of para-hydroxylation sites is 1. The predicted octanol–water partition coefficient (Wildman–Crippen LogP) is 4.44. The number of nitrogens with one attached hydrogen (secondary N) is 1. The fraction of sp³-hybridized carbons (Fsp3) is 0.615. The van der Waals surface area contributed by atoms with Gasteiger partial charge in [0.15, 0.2) is 0 Å². The monoisotopic (exact) mass is 440 g/mol. The first-order valence-electron chi connectivity index (χ1n) is 12.1. The summed E-state index contributed by atoms with van der Waals surface area (Å²) in [4.78, 5) is 15.3. The highest BCUT2D eigenvalue weighted by atomic mass is 16.5. The summed E-state index contributed by atoms with van der Waals surface area (Å²) in [5.41, 5.74) is 4.58. The predicted molar refractivity (Wildman–Crippen MR) is 129 cm³/mol. The molecule has 1 aliphatic rings. The van der Waals surface area contributed by atoms with Gasteiger partial charge in [-0.1, -0.05) is 38.5 Å². The first-order valence-corrected chi connectivity index (χ1v) is 12.1. The Hall–Kier alpha value is -2.34. The van der Waals surface area contributed by atoms with Gasteiger partial charge in [0.25, 0.3) is 0 Å². The largest absolute Gasteiger partial charge is 0.496 e. The van der Waals surface area contributed by atoms with Crippen molar-refractivity contribution in [3.63, 3.8) is 0 Å². The maximum atomic E-state index is 12.8. The lowest BCUT2D eigenvalue weighted by molar-refractivity contribution is -0.121. The van der Waals surface area contributed by atoms with Gasteiger partial charge < -0.3 is 10.1 Å². The number of hydrogen-bond acceptors (Lipinski definition) is 4. The molecule has 0 radical (unpaired) electrons. The lowest BCUT2D eigenvalue weighted by Gasteiger charge is -2.35. The molecular formula is C26H40N4O2. The van der Waals surface area contributed by atoms with Crippen LogP contribution in [0.15, 0.2) is 24.3 Å².